The van der Waals surface area contributed by atoms with Gasteiger partial charge in [0.05, 0.1) is 5.39 Å². The molecule has 1 aliphatic rings. The Bertz CT molecular complexity index is 1110. The number of fused-ring (bicyclic) bond motifs is 1. The van der Waals surface area contributed by atoms with Gasteiger partial charge in [-0.3, -0.25) is 9.36 Å². The minimum atomic E-state index is -1.03. The Balaban J connectivity index is 1.99. The summed E-state index contributed by atoms with van der Waals surface area (Å²) in [6.07, 6.45) is 1.69. The van der Waals surface area contributed by atoms with E-state index in [9.17, 15) is 14.7 Å². The van der Waals surface area contributed by atoms with Crippen molar-refractivity contribution in [3.05, 3.63) is 50.1 Å². The average molecular weight is 418 g/mol. The first-order valence-corrected chi connectivity index (χ1v) is 10.3. The lowest BCUT2D eigenvalue weighted by Crippen LogP contribution is -2.36. The summed E-state index contributed by atoms with van der Waals surface area (Å²) in [7, 11) is 2.07. The van der Waals surface area contributed by atoms with Gasteiger partial charge in [-0.15, -0.1) is 11.3 Å². The zero-order chi connectivity index (χ0) is 20.0. The highest BCUT2D eigenvalue weighted by atomic mass is 35.5. The van der Waals surface area contributed by atoms with Gasteiger partial charge in [-0.25, -0.2) is 9.78 Å². The van der Waals surface area contributed by atoms with E-state index in [0.717, 1.165) is 42.8 Å². The summed E-state index contributed by atoms with van der Waals surface area (Å²) in [5, 5.41) is 10.5. The van der Waals surface area contributed by atoms with E-state index in [0.29, 0.717) is 26.6 Å². The van der Waals surface area contributed by atoms with Crippen molar-refractivity contribution in [3.63, 3.8) is 0 Å². The summed E-state index contributed by atoms with van der Waals surface area (Å²) in [6, 6.07) is 7.27. The van der Waals surface area contributed by atoms with E-state index in [-0.39, 0.29) is 16.5 Å². The Kier molecular flexibility index (Phi) is 4.99. The molecule has 3 heterocycles. The number of hydrogen-bond donors (Lipinski definition) is 1. The molecule has 0 aliphatic carbocycles. The monoisotopic (exact) mass is 417 g/mol. The van der Waals surface area contributed by atoms with Crippen LogP contribution in [0, 0.1) is 6.92 Å². The van der Waals surface area contributed by atoms with Gasteiger partial charge in [-0.1, -0.05) is 11.6 Å². The van der Waals surface area contributed by atoms with Gasteiger partial charge in [0.2, 0.25) is 0 Å². The van der Waals surface area contributed by atoms with Crippen molar-refractivity contribution >= 4 is 39.1 Å². The number of halogens is 1. The van der Waals surface area contributed by atoms with Gasteiger partial charge < -0.3 is 10.0 Å². The van der Waals surface area contributed by atoms with Crippen molar-refractivity contribution in [1.82, 2.24) is 14.5 Å². The minimum absolute atomic E-state index is 0.0267. The van der Waals surface area contributed by atoms with Crippen molar-refractivity contribution in [2.45, 2.75) is 25.8 Å². The summed E-state index contributed by atoms with van der Waals surface area (Å²) < 4.78 is 1.77. The molecule has 146 valence electrons. The number of thiophene rings is 1. The summed E-state index contributed by atoms with van der Waals surface area (Å²) in [5.41, 5.74) is 1.13. The maximum absolute atomic E-state index is 13.5. The molecule has 0 atom stereocenters. The van der Waals surface area contributed by atoms with Crippen LogP contribution in [0.1, 0.15) is 34.1 Å². The second kappa shape index (κ2) is 7.31. The van der Waals surface area contributed by atoms with E-state index >= 15 is 0 Å². The summed E-state index contributed by atoms with van der Waals surface area (Å²) in [6.45, 7) is 3.49. The predicted octanol–water partition coefficient (Wildman–Crippen LogP) is 4.05. The lowest BCUT2D eigenvalue weighted by molar-refractivity contribution is 0.0701. The topological polar surface area (TPSA) is 75.4 Å². The first-order chi connectivity index (χ1) is 13.4. The molecule has 0 saturated carbocycles. The van der Waals surface area contributed by atoms with Crippen LogP contribution >= 0.6 is 22.9 Å². The van der Waals surface area contributed by atoms with Crippen LogP contribution in [0.3, 0.4) is 0 Å². The lowest BCUT2D eigenvalue weighted by Gasteiger charge is -2.31. The van der Waals surface area contributed by atoms with E-state index in [1.54, 1.807) is 23.6 Å². The standard InChI is InChI=1S/C20H20ClN3O3S/c1-11-15-18(28-16(11)20(26)27)22-17(12-3-5-13(21)6-4-12)24(19(15)25)14-7-9-23(2)10-8-14/h3-6,14H,7-10H2,1-2H3,(H,26,27). The molecule has 1 aromatic carbocycles. The Morgan fingerprint density at radius 1 is 1.25 bits per heavy atom. The highest BCUT2D eigenvalue weighted by molar-refractivity contribution is 7.20. The maximum Gasteiger partial charge on any atom is 0.346 e. The normalized spacial score (nSPS) is 16.0. The summed E-state index contributed by atoms with van der Waals surface area (Å²) >= 11 is 7.09. The number of rotatable bonds is 3. The second-order valence-corrected chi connectivity index (χ2v) is 8.63. The van der Waals surface area contributed by atoms with Gasteiger partial charge in [0.25, 0.3) is 5.56 Å². The molecule has 1 N–H and O–H groups in total. The SMILES string of the molecule is Cc1c(C(=O)O)sc2nc(-c3ccc(Cl)cc3)n(C3CCN(C)CC3)c(=O)c12. The number of likely N-dealkylation sites (tertiary alicyclic amines) is 1. The number of aromatic nitrogens is 2. The fourth-order valence-electron chi connectivity index (χ4n) is 3.79. The molecule has 4 rings (SSSR count). The first-order valence-electron chi connectivity index (χ1n) is 9.10. The Morgan fingerprint density at radius 2 is 1.89 bits per heavy atom. The van der Waals surface area contributed by atoms with E-state index in [1.165, 1.54) is 0 Å². The fourth-order valence-corrected chi connectivity index (χ4v) is 4.93. The van der Waals surface area contributed by atoms with Crippen LogP contribution in [0.4, 0.5) is 0 Å². The van der Waals surface area contributed by atoms with Crippen LogP contribution in [0.15, 0.2) is 29.1 Å². The van der Waals surface area contributed by atoms with E-state index in [1.807, 2.05) is 12.1 Å². The lowest BCUT2D eigenvalue weighted by atomic mass is 10.0. The van der Waals surface area contributed by atoms with Crippen LogP contribution in [0.2, 0.25) is 5.02 Å². The number of carboxylic acids is 1. The number of nitrogens with zero attached hydrogens (tertiary/aromatic N) is 3. The van der Waals surface area contributed by atoms with Crippen LogP contribution < -0.4 is 5.56 Å². The van der Waals surface area contributed by atoms with Crippen LogP contribution in [0.5, 0.6) is 0 Å². The highest BCUT2D eigenvalue weighted by Crippen LogP contribution is 2.32. The Labute approximate surface area is 171 Å². The molecule has 8 heteroatoms. The van der Waals surface area contributed by atoms with Gasteiger partial charge in [-0.05, 0) is 69.7 Å². The molecule has 28 heavy (non-hydrogen) atoms. The number of carbonyl (C=O) groups is 1. The number of aromatic carboxylic acids is 1. The molecule has 3 aromatic rings. The number of hydrogen-bond acceptors (Lipinski definition) is 5. The molecule has 0 unspecified atom stereocenters. The zero-order valence-electron chi connectivity index (χ0n) is 15.6. The Hall–Kier alpha value is -2.22. The molecular formula is C20H20ClN3O3S. The van der Waals surface area contributed by atoms with Crippen molar-refractivity contribution in [2.24, 2.45) is 0 Å². The first kappa shape index (κ1) is 19.1. The molecule has 0 radical (unpaired) electrons. The summed E-state index contributed by atoms with van der Waals surface area (Å²) in [4.78, 5) is 32.7. The Morgan fingerprint density at radius 3 is 2.50 bits per heavy atom. The number of benzene rings is 1. The van der Waals surface area contributed by atoms with E-state index < -0.39 is 5.97 Å². The van der Waals surface area contributed by atoms with E-state index in [4.69, 9.17) is 16.6 Å². The van der Waals surface area contributed by atoms with Crippen molar-refractivity contribution in [2.75, 3.05) is 20.1 Å². The molecular weight excluding hydrogens is 398 g/mol. The molecule has 1 fully saturated rings. The van der Waals surface area contributed by atoms with Gasteiger partial charge in [-0.2, -0.15) is 0 Å². The van der Waals surface area contributed by atoms with Crippen LogP contribution in [0.25, 0.3) is 21.6 Å². The van der Waals surface area contributed by atoms with Gasteiger partial charge >= 0.3 is 5.97 Å². The molecule has 0 bridgehead atoms. The minimum Gasteiger partial charge on any atom is -0.477 e. The predicted molar refractivity (Wildman–Crippen MR) is 112 cm³/mol. The molecule has 6 nitrogen and oxygen atoms in total. The fraction of sp³-hybridized carbons (Fsp3) is 0.350. The number of aryl methyl sites for hydroxylation is 1. The van der Waals surface area contributed by atoms with Crippen molar-refractivity contribution in [3.8, 4) is 11.4 Å². The van der Waals surface area contributed by atoms with Gasteiger partial charge in [0.15, 0.2) is 0 Å². The van der Waals surface area contributed by atoms with Gasteiger partial charge in [0.1, 0.15) is 15.5 Å². The van der Waals surface area contributed by atoms with Crippen molar-refractivity contribution < 1.29 is 9.90 Å². The third-order valence-electron chi connectivity index (χ3n) is 5.35. The second-order valence-electron chi connectivity index (χ2n) is 7.19. The largest absolute Gasteiger partial charge is 0.477 e. The third kappa shape index (κ3) is 3.23. The zero-order valence-corrected chi connectivity index (χ0v) is 17.2. The van der Waals surface area contributed by atoms with E-state index in [2.05, 4.69) is 11.9 Å². The van der Waals surface area contributed by atoms with Crippen LogP contribution in [-0.2, 0) is 0 Å². The third-order valence-corrected chi connectivity index (χ3v) is 6.77. The molecule has 1 aliphatic heterocycles. The number of carboxylic acid groups (broad SMARTS) is 1. The highest BCUT2D eigenvalue weighted by Gasteiger charge is 2.27. The average Bonchev–Trinajstić information content (AvgIpc) is 3.00. The van der Waals surface area contributed by atoms with Crippen molar-refractivity contribution in [1.29, 1.82) is 0 Å². The quantitative estimate of drug-likeness (QED) is 0.695. The van der Waals surface area contributed by atoms with Crippen LogP contribution in [-0.4, -0.2) is 45.7 Å². The van der Waals surface area contributed by atoms with Gasteiger partial charge in [0, 0.05) is 16.6 Å². The smallest absolute Gasteiger partial charge is 0.346 e. The summed E-state index contributed by atoms with van der Waals surface area (Å²) in [5.74, 6) is -0.458. The molecule has 1 saturated heterocycles. The molecule has 0 spiro atoms. The number of piperidine rings is 1. The molecule has 2 aromatic heterocycles. The molecule has 0 amide bonds. The maximum atomic E-state index is 13.5.